The van der Waals surface area contributed by atoms with Crippen molar-refractivity contribution in [2.75, 3.05) is 5.73 Å². The second kappa shape index (κ2) is 4.80. The Kier molecular flexibility index (Phi) is 3.20. The molecule has 1 aromatic heterocycles. The van der Waals surface area contributed by atoms with Crippen LogP contribution in [0.15, 0.2) is 18.2 Å². The second-order valence-electron chi connectivity index (χ2n) is 4.16. The van der Waals surface area contributed by atoms with Crippen molar-refractivity contribution in [3.05, 3.63) is 23.9 Å². The van der Waals surface area contributed by atoms with Crippen molar-refractivity contribution in [1.82, 2.24) is 15.5 Å². The maximum absolute atomic E-state index is 12.0. The molecule has 1 amide bonds. The monoisotopic (exact) mass is 242 g/mol. The summed E-state index contributed by atoms with van der Waals surface area (Å²) in [6.07, 6.45) is 5.68. The van der Waals surface area contributed by atoms with Crippen LogP contribution in [0.2, 0.25) is 0 Å². The van der Waals surface area contributed by atoms with E-state index in [0.29, 0.717) is 23.2 Å². The van der Waals surface area contributed by atoms with Crippen LogP contribution in [0.3, 0.4) is 0 Å². The summed E-state index contributed by atoms with van der Waals surface area (Å²) in [5.74, 6) is 2.25. The topological polar surface area (TPSA) is 83.8 Å². The normalized spacial score (nSPS) is 12.0. The van der Waals surface area contributed by atoms with E-state index in [-0.39, 0.29) is 11.9 Å². The molecule has 5 heteroatoms. The predicted octanol–water partition coefficient (Wildman–Crippen LogP) is 1.29. The van der Waals surface area contributed by atoms with Gasteiger partial charge in [0.25, 0.3) is 5.91 Å². The fourth-order valence-electron chi connectivity index (χ4n) is 1.72. The molecule has 0 aliphatic rings. The molecule has 0 aliphatic carbocycles. The Hall–Kier alpha value is -2.48. The average molecular weight is 242 g/mol. The molecule has 4 N–H and O–H groups in total. The molecule has 0 aliphatic heterocycles. The van der Waals surface area contributed by atoms with Crippen molar-refractivity contribution < 1.29 is 4.79 Å². The zero-order valence-corrected chi connectivity index (χ0v) is 10.0. The fourth-order valence-corrected chi connectivity index (χ4v) is 1.72. The summed E-state index contributed by atoms with van der Waals surface area (Å²) < 4.78 is 0. The van der Waals surface area contributed by atoms with Crippen LogP contribution in [0.5, 0.6) is 0 Å². The summed E-state index contributed by atoms with van der Waals surface area (Å²) in [7, 11) is 0. The first-order valence-corrected chi connectivity index (χ1v) is 5.59. The van der Waals surface area contributed by atoms with Crippen LogP contribution < -0.4 is 11.1 Å². The number of nitrogen functional groups attached to an aromatic ring is 1. The minimum Gasteiger partial charge on any atom is -0.399 e. The fraction of sp³-hybridized carbons (Fsp3) is 0.231. The van der Waals surface area contributed by atoms with Crippen molar-refractivity contribution in [2.45, 2.75) is 19.4 Å². The number of carbonyl (C=O) groups is 1. The molecular formula is C13H14N4O. The SMILES string of the molecule is C#CCC(C)NC(=O)c1n[nH]c2ccc(N)cc12. The van der Waals surface area contributed by atoms with Gasteiger partial charge >= 0.3 is 0 Å². The van der Waals surface area contributed by atoms with E-state index in [0.717, 1.165) is 5.52 Å². The number of nitrogens with one attached hydrogen (secondary N) is 2. The number of hydrogen-bond acceptors (Lipinski definition) is 3. The summed E-state index contributed by atoms with van der Waals surface area (Å²) in [5.41, 5.74) is 7.40. The number of anilines is 1. The molecule has 2 rings (SSSR count). The summed E-state index contributed by atoms with van der Waals surface area (Å²) in [4.78, 5) is 12.0. The molecule has 0 saturated carbocycles. The maximum Gasteiger partial charge on any atom is 0.272 e. The first-order valence-electron chi connectivity index (χ1n) is 5.59. The van der Waals surface area contributed by atoms with E-state index in [1.807, 2.05) is 6.92 Å². The number of aromatic nitrogens is 2. The lowest BCUT2D eigenvalue weighted by atomic mass is 10.1. The number of aromatic amines is 1. The highest BCUT2D eigenvalue weighted by molar-refractivity contribution is 6.05. The van der Waals surface area contributed by atoms with E-state index in [4.69, 9.17) is 12.2 Å². The Labute approximate surface area is 105 Å². The summed E-state index contributed by atoms with van der Waals surface area (Å²) in [5, 5.41) is 10.3. The summed E-state index contributed by atoms with van der Waals surface area (Å²) in [6, 6.07) is 5.18. The molecular weight excluding hydrogens is 228 g/mol. The number of H-pyrrole nitrogens is 1. The predicted molar refractivity (Wildman–Crippen MR) is 70.9 cm³/mol. The number of fused-ring (bicyclic) bond motifs is 1. The molecule has 1 atom stereocenters. The third kappa shape index (κ3) is 2.28. The van der Waals surface area contributed by atoms with Crippen LogP contribution in [0, 0.1) is 12.3 Å². The van der Waals surface area contributed by atoms with Gasteiger partial charge in [0.15, 0.2) is 5.69 Å². The number of carbonyl (C=O) groups excluding carboxylic acids is 1. The van der Waals surface area contributed by atoms with Crippen LogP contribution in [-0.2, 0) is 0 Å². The van der Waals surface area contributed by atoms with Gasteiger partial charge in [-0.05, 0) is 25.1 Å². The van der Waals surface area contributed by atoms with Gasteiger partial charge in [0.1, 0.15) is 0 Å². The standard InChI is InChI=1S/C13H14N4O/c1-3-4-8(2)15-13(18)12-10-7-9(14)5-6-11(10)16-17-12/h1,5-8H,4,14H2,2H3,(H,15,18)(H,16,17). The van der Waals surface area contributed by atoms with Gasteiger partial charge < -0.3 is 11.1 Å². The lowest BCUT2D eigenvalue weighted by Gasteiger charge is -2.09. The third-order valence-electron chi connectivity index (χ3n) is 2.60. The second-order valence-corrected chi connectivity index (χ2v) is 4.16. The van der Waals surface area contributed by atoms with Gasteiger partial charge in [-0.25, -0.2) is 0 Å². The van der Waals surface area contributed by atoms with Crippen LogP contribution in [0.4, 0.5) is 5.69 Å². The molecule has 1 unspecified atom stereocenters. The molecule has 0 saturated heterocycles. The lowest BCUT2D eigenvalue weighted by molar-refractivity contribution is 0.0937. The molecule has 0 spiro atoms. The first-order chi connectivity index (χ1) is 8.61. The minimum atomic E-state index is -0.255. The number of rotatable bonds is 3. The van der Waals surface area contributed by atoms with Crippen molar-refractivity contribution in [2.24, 2.45) is 0 Å². The van der Waals surface area contributed by atoms with E-state index < -0.39 is 0 Å². The molecule has 1 aromatic carbocycles. The first kappa shape index (κ1) is 12.0. The quantitative estimate of drug-likeness (QED) is 0.560. The highest BCUT2D eigenvalue weighted by Crippen LogP contribution is 2.18. The lowest BCUT2D eigenvalue weighted by Crippen LogP contribution is -2.32. The van der Waals surface area contributed by atoms with E-state index >= 15 is 0 Å². The highest BCUT2D eigenvalue weighted by Gasteiger charge is 2.15. The van der Waals surface area contributed by atoms with Crippen LogP contribution >= 0.6 is 0 Å². The third-order valence-corrected chi connectivity index (χ3v) is 2.60. The Morgan fingerprint density at radius 2 is 2.44 bits per heavy atom. The molecule has 18 heavy (non-hydrogen) atoms. The van der Waals surface area contributed by atoms with Crippen LogP contribution in [0.25, 0.3) is 10.9 Å². The minimum absolute atomic E-state index is 0.0877. The van der Waals surface area contributed by atoms with Crippen LogP contribution in [0.1, 0.15) is 23.8 Å². The molecule has 0 bridgehead atoms. The molecule has 5 nitrogen and oxygen atoms in total. The Balaban J connectivity index is 2.28. The van der Waals surface area contributed by atoms with E-state index in [1.165, 1.54) is 0 Å². The molecule has 2 aromatic rings. The maximum atomic E-state index is 12.0. The van der Waals surface area contributed by atoms with Gasteiger partial charge in [-0.1, -0.05) is 0 Å². The largest absolute Gasteiger partial charge is 0.399 e. The van der Waals surface area contributed by atoms with E-state index in [9.17, 15) is 4.79 Å². The highest BCUT2D eigenvalue weighted by atomic mass is 16.2. The number of benzene rings is 1. The van der Waals surface area contributed by atoms with Gasteiger partial charge in [0.05, 0.1) is 5.52 Å². The summed E-state index contributed by atoms with van der Waals surface area (Å²) in [6.45, 7) is 1.85. The molecule has 92 valence electrons. The van der Waals surface area contributed by atoms with E-state index in [2.05, 4.69) is 21.4 Å². The van der Waals surface area contributed by atoms with Gasteiger partial charge in [-0.15, -0.1) is 12.3 Å². The number of nitrogens with two attached hydrogens (primary N) is 1. The van der Waals surface area contributed by atoms with Gasteiger partial charge in [-0.2, -0.15) is 5.10 Å². The Morgan fingerprint density at radius 3 is 3.17 bits per heavy atom. The molecule has 1 heterocycles. The zero-order valence-electron chi connectivity index (χ0n) is 10.0. The zero-order chi connectivity index (χ0) is 13.1. The average Bonchev–Trinajstić information content (AvgIpc) is 2.71. The number of nitrogens with zero attached hydrogens (tertiary/aromatic N) is 1. The number of terminal acetylenes is 1. The van der Waals surface area contributed by atoms with Gasteiger partial charge in [0.2, 0.25) is 0 Å². The smallest absolute Gasteiger partial charge is 0.272 e. The van der Waals surface area contributed by atoms with Crippen molar-refractivity contribution >= 4 is 22.5 Å². The van der Waals surface area contributed by atoms with Gasteiger partial charge in [0, 0.05) is 23.5 Å². The molecule has 0 radical (unpaired) electrons. The van der Waals surface area contributed by atoms with Gasteiger partial charge in [-0.3, -0.25) is 9.89 Å². The van der Waals surface area contributed by atoms with Crippen LogP contribution in [-0.4, -0.2) is 22.1 Å². The van der Waals surface area contributed by atoms with Crippen molar-refractivity contribution in [3.63, 3.8) is 0 Å². The van der Waals surface area contributed by atoms with Crippen molar-refractivity contribution in [3.8, 4) is 12.3 Å². The van der Waals surface area contributed by atoms with Crippen molar-refractivity contribution in [1.29, 1.82) is 0 Å². The number of hydrogen-bond donors (Lipinski definition) is 3. The Morgan fingerprint density at radius 1 is 1.67 bits per heavy atom. The Bertz CT molecular complexity index is 623. The molecule has 0 fully saturated rings. The number of amides is 1. The van der Waals surface area contributed by atoms with E-state index in [1.54, 1.807) is 18.2 Å². The summed E-state index contributed by atoms with van der Waals surface area (Å²) >= 11 is 0.